The number of nitrogens with zero attached hydrogens (tertiary/aromatic N) is 1. The van der Waals surface area contributed by atoms with Crippen LogP contribution in [0.15, 0.2) is 66.7 Å². The highest BCUT2D eigenvalue weighted by Crippen LogP contribution is 2.39. The van der Waals surface area contributed by atoms with E-state index in [-0.39, 0.29) is 10.6 Å². The minimum absolute atomic E-state index is 0.0988. The van der Waals surface area contributed by atoms with Crippen LogP contribution in [-0.4, -0.2) is 11.5 Å². The van der Waals surface area contributed by atoms with Crippen LogP contribution in [0, 0.1) is 10.1 Å². The second kappa shape index (κ2) is 6.40. The van der Waals surface area contributed by atoms with Crippen LogP contribution in [0.5, 0.6) is 5.75 Å². The normalized spacial score (nSPS) is 12.5. The molecule has 0 unspecified atom stereocenters. The monoisotopic (exact) mass is 331 g/mol. The van der Waals surface area contributed by atoms with Gasteiger partial charge in [-0.2, -0.15) is 0 Å². The largest absolute Gasteiger partial charge is 0.492 e. The minimum atomic E-state index is -0.378. The summed E-state index contributed by atoms with van der Waals surface area (Å²) in [4.78, 5) is 10.5. The second-order valence-electron chi connectivity index (χ2n) is 6.20. The van der Waals surface area contributed by atoms with E-state index in [9.17, 15) is 10.1 Å². The highest BCUT2D eigenvalue weighted by atomic mass is 16.6. The number of fused-ring (bicyclic) bond motifs is 1. The van der Waals surface area contributed by atoms with Crippen molar-refractivity contribution >= 4 is 5.69 Å². The van der Waals surface area contributed by atoms with Gasteiger partial charge in [-0.3, -0.25) is 10.1 Å². The molecule has 0 amide bonds. The van der Waals surface area contributed by atoms with E-state index in [1.165, 1.54) is 16.7 Å². The SMILES string of the molecule is O=[N+]([O-])c1ccc(-c2cc(Cc3ccccc3)cc3c2OCC3)cc1. The number of ether oxygens (including phenoxy) is 1. The van der Waals surface area contributed by atoms with Gasteiger partial charge in [0.25, 0.3) is 5.69 Å². The molecule has 0 spiro atoms. The number of rotatable bonds is 4. The smallest absolute Gasteiger partial charge is 0.269 e. The van der Waals surface area contributed by atoms with Crippen LogP contribution in [-0.2, 0) is 12.8 Å². The van der Waals surface area contributed by atoms with Gasteiger partial charge in [0, 0.05) is 24.1 Å². The van der Waals surface area contributed by atoms with Gasteiger partial charge >= 0.3 is 0 Å². The number of non-ortho nitro benzene ring substituents is 1. The molecule has 25 heavy (non-hydrogen) atoms. The lowest BCUT2D eigenvalue weighted by molar-refractivity contribution is -0.384. The molecule has 0 radical (unpaired) electrons. The summed E-state index contributed by atoms with van der Waals surface area (Å²) in [6.45, 7) is 0.685. The van der Waals surface area contributed by atoms with E-state index >= 15 is 0 Å². The molecular weight excluding hydrogens is 314 g/mol. The van der Waals surface area contributed by atoms with Crippen molar-refractivity contribution in [3.63, 3.8) is 0 Å². The van der Waals surface area contributed by atoms with Crippen LogP contribution in [0.4, 0.5) is 5.69 Å². The lowest BCUT2D eigenvalue weighted by Gasteiger charge is -2.12. The molecule has 0 saturated carbocycles. The molecule has 4 rings (SSSR count). The molecule has 4 heteroatoms. The topological polar surface area (TPSA) is 52.4 Å². The molecule has 1 aliphatic heterocycles. The summed E-state index contributed by atoms with van der Waals surface area (Å²) in [7, 11) is 0. The quantitative estimate of drug-likeness (QED) is 0.510. The van der Waals surface area contributed by atoms with Crippen LogP contribution in [0.2, 0.25) is 0 Å². The zero-order valence-electron chi connectivity index (χ0n) is 13.6. The Hall–Kier alpha value is -3.14. The van der Waals surface area contributed by atoms with Crippen molar-refractivity contribution < 1.29 is 9.66 Å². The molecule has 4 nitrogen and oxygen atoms in total. The summed E-state index contributed by atoms with van der Waals surface area (Å²) in [5.41, 5.74) is 5.75. The van der Waals surface area contributed by atoms with Crippen molar-refractivity contribution in [2.24, 2.45) is 0 Å². The average Bonchev–Trinajstić information content (AvgIpc) is 3.10. The van der Waals surface area contributed by atoms with Gasteiger partial charge in [-0.1, -0.05) is 36.4 Å². The lowest BCUT2D eigenvalue weighted by Crippen LogP contribution is -1.93. The molecule has 3 aromatic carbocycles. The van der Waals surface area contributed by atoms with Crippen molar-refractivity contribution in [1.29, 1.82) is 0 Å². The summed E-state index contributed by atoms with van der Waals surface area (Å²) in [6, 6.07) is 21.4. The molecule has 0 aromatic heterocycles. The predicted molar refractivity (Wildman–Crippen MR) is 97.0 cm³/mol. The van der Waals surface area contributed by atoms with Gasteiger partial charge in [0.05, 0.1) is 11.5 Å². The fourth-order valence-corrected chi connectivity index (χ4v) is 3.28. The molecular formula is C21H17NO3. The number of benzene rings is 3. The molecule has 0 bridgehead atoms. The Morgan fingerprint density at radius 3 is 2.44 bits per heavy atom. The first-order valence-corrected chi connectivity index (χ1v) is 8.28. The second-order valence-corrected chi connectivity index (χ2v) is 6.20. The fraction of sp³-hybridized carbons (Fsp3) is 0.143. The van der Waals surface area contributed by atoms with E-state index in [0.717, 1.165) is 29.7 Å². The number of nitro benzene ring substituents is 1. The summed E-state index contributed by atoms with van der Waals surface area (Å²) in [5, 5.41) is 10.9. The lowest BCUT2D eigenvalue weighted by atomic mass is 9.95. The minimum Gasteiger partial charge on any atom is -0.492 e. The van der Waals surface area contributed by atoms with Gasteiger partial charge in [0.2, 0.25) is 0 Å². The van der Waals surface area contributed by atoms with Gasteiger partial charge in [-0.25, -0.2) is 0 Å². The molecule has 0 N–H and O–H groups in total. The van der Waals surface area contributed by atoms with Crippen molar-refractivity contribution in [3.8, 4) is 16.9 Å². The number of hydrogen-bond acceptors (Lipinski definition) is 3. The number of nitro groups is 1. The molecule has 0 atom stereocenters. The Balaban J connectivity index is 1.75. The molecule has 1 heterocycles. The molecule has 0 aliphatic carbocycles. The van der Waals surface area contributed by atoms with Crippen LogP contribution < -0.4 is 4.74 Å². The van der Waals surface area contributed by atoms with Crippen molar-refractivity contribution in [3.05, 3.63) is 93.5 Å². The third-order valence-electron chi connectivity index (χ3n) is 4.48. The van der Waals surface area contributed by atoms with Crippen molar-refractivity contribution in [2.45, 2.75) is 12.8 Å². The third kappa shape index (κ3) is 3.11. The fourth-order valence-electron chi connectivity index (χ4n) is 3.28. The van der Waals surface area contributed by atoms with Crippen LogP contribution >= 0.6 is 0 Å². The predicted octanol–water partition coefficient (Wildman–Crippen LogP) is 4.79. The molecule has 0 fully saturated rings. The maximum Gasteiger partial charge on any atom is 0.269 e. The van der Waals surface area contributed by atoms with E-state index in [2.05, 4.69) is 24.3 Å². The molecule has 3 aromatic rings. The van der Waals surface area contributed by atoms with Crippen LogP contribution in [0.25, 0.3) is 11.1 Å². The van der Waals surface area contributed by atoms with Gasteiger partial charge in [0.1, 0.15) is 5.75 Å². The van der Waals surface area contributed by atoms with Gasteiger partial charge < -0.3 is 4.74 Å². The maximum atomic E-state index is 10.9. The van der Waals surface area contributed by atoms with E-state index < -0.39 is 0 Å². The van der Waals surface area contributed by atoms with Gasteiger partial charge in [0.15, 0.2) is 0 Å². The molecule has 124 valence electrons. The first-order valence-electron chi connectivity index (χ1n) is 8.28. The Bertz CT molecular complexity index is 918. The summed E-state index contributed by atoms with van der Waals surface area (Å²) >= 11 is 0. The van der Waals surface area contributed by atoms with E-state index in [4.69, 9.17) is 4.74 Å². The van der Waals surface area contributed by atoms with E-state index in [1.807, 2.05) is 18.2 Å². The van der Waals surface area contributed by atoms with Crippen LogP contribution in [0.1, 0.15) is 16.7 Å². The van der Waals surface area contributed by atoms with E-state index in [1.54, 1.807) is 24.3 Å². The molecule has 0 saturated heterocycles. The first kappa shape index (κ1) is 15.4. The van der Waals surface area contributed by atoms with Crippen molar-refractivity contribution in [1.82, 2.24) is 0 Å². The summed E-state index contributed by atoms with van der Waals surface area (Å²) in [5.74, 6) is 0.908. The third-order valence-corrected chi connectivity index (χ3v) is 4.48. The zero-order valence-corrected chi connectivity index (χ0v) is 13.6. The summed E-state index contributed by atoms with van der Waals surface area (Å²) in [6.07, 6.45) is 1.76. The zero-order chi connectivity index (χ0) is 17.2. The molecule has 1 aliphatic rings. The van der Waals surface area contributed by atoms with Gasteiger partial charge in [-0.15, -0.1) is 0 Å². The highest BCUT2D eigenvalue weighted by Gasteiger charge is 2.19. The van der Waals surface area contributed by atoms with E-state index in [0.29, 0.717) is 6.61 Å². The Kier molecular flexibility index (Phi) is 3.94. The number of hydrogen-bond donors (Lipinski definition) is 0. The summed E-state index contributed by atoms with van der Waals surface area (Å²) < 4.78 is 5.83. The van der Waals surface area contributed by atoms with Crippen molar-refractivity contribution in [2.75, 3.05) is 6.61 Å². The van der Waals surface area contributed by atoms with Gasteiger partial charge in [-0.05, 0) is 46.9 Å². The maximum absolute atomic E-state index is 10.9. The Morgan fingerprint density at radius 1 is 0.960 bits per heavy atom. The Labute approximate surface area is 145 Å². The standard InChI is InChI=1S/C21H17NO3/c23-22(24)19-8-6-17(7-9-19)20-14-16(12-15-4-2-1-3-5-15)13-18-10-11-25-21(18)20/h1-9,13-14H,10-12H2. The van der Waals surface area contributed by atoms with Crippen LogP contribution in [0.3, 0.4) is 0 Å². The highest BCUT2D eigenvalue weighted by molar-refractivity contribution is 5.74. The average molecular weight is 331 g/mol. The Morgan fingerprint density at radius 2 is 1.72 bits per heavy atom. The first-order chi connectivity index (χ1) is 12.2.